The molecule has 0 atom stereocenters. The summed E-state index contributed by atoms with van der Waals surface area (Å²) in [5.74, 6) is -3.56. The van der Waals surface area contributed by atoms with E-state index in [0.717, 1.165) is 16.5 Å². The number of pyridine rings is 4. The molecular formula is C39H22F3N7O6RuS3. The van der Waals surface area contributed by atoms with Gasteiger partial charge >= 0.3 is 43.6 Å². The van der Waals surface area contributed by atoms with Crippen LogP contribution >= 0.6 is 22.7 Å². The van der Waals surface area contributed by atoms with Gasteiger partial charge in [0.05, 0.1) is 39.5 Å². The van der Waals surface area contributed by atoms with Gasteiger partial charge in [-0.25, -0.2) is 24.6 Å². The van der Waals surface area contributed by atoms with Crippen molar-refractivity contribution < 1.29 is 62.4 Å². The number of halogens is 3. The molecule has 0 amide bonds. The molecular weight excluding hydrogens is 917 g/mol. The van der Waals surface area contributed by atoms with E-state index in [-0.39, 0.29) is 64.6 Å². The van der Waals surface area contributed by atoms with E-state index in [2.05, 4.69) is 74.0 Å². The van der Waals surface area contributed by atoms with Crippen molar-refractivity contribution >= 4 is 73.4 Å². The maximum Gasteiger partial charge on any atom is 2.00 e. The number of thiocyanates is 1. The minimum Gasteiger partial charge on any atom is -0.696 e. The van der Waals surface area contributed by atoms with E-state index < -0.39 is 29.8 Å². The van der Waals surface area contributed by atoms with E-state index in [4.69, 9.17) is 15.5 Å². The van der Waals surface area contributed by atoms with Crippen LogP contribution in [0.4, 0.5) is 13.2 Å². The monoisotopic (exact) mass is 939 g/mol. The predicted molar refractivity (Wildman–Crippen MR) is 211 cm³/mol. The van der Waals surface area contributed by atoms with Crippen molar-refractivity contribution in [1.29, 1.82) is 5.26 Å². The molecule has 0 fully saturated rings. The molecule has 0 aliphatic carbocycles. The zero-order chi connectivity index (χ0) is 41.7. The second-order valence-corrected chi connectivity index (χ2v) is 14.5. The third-order valence-electron chi connectivity index (χ3n) is 8.03. The minimum absolute atomic E-state index is 0. The number of carboxylic acids is 3. The molecule has 0 radical (unpaired) electrons. The Bertz CT molecular complexity index is 2770. The van der Waals surface area contributed by atoms with Gasteiger partial charge in [0.15, 0.2) is 0 Å². The third-order valence-corrected chi connectivity index (χ3v) is 10.2. The number of nitriles is 1. The van der Waals surface area contributed by atoms with Gasteiger partial charge in [-0.1, -0.05) is 11.1 Å². The first kappa shape index (κ1) is 43.6. The number of carboxylic acid groups (broad SMARTS) is 3. The second kappa shape index (κ2) is 18.4. The Morgan fingerprint density at radius 1 is 0.712 bits per heavy atom. The molecule has 0 bridgehead atoms. The van der Waals surface area contributed by atoms with Crippen molar-refractivity contribution in [2.24, 2.45) is 0 Å². The summed E-state index contributed by atoms with van der Waals surface area (Å²) < 4.78 is 40.5. The number of carbonyl (C=O) groups is 3. The van der Waals surface area contributed by atoms with Gasteiger partial charge in [-0.15, -0.1) is 22.7 Å². The number of benzene rings is 1. The smallest absolute Gasteiger partial charge is 0.696 e. The first-order chi connectivity index (χ1) is 27.6. The molecule has 0 unspecified atom stereocenters. The van der Waals surface area contributed by atoms with Crippen molar-refractivity contribution in [1.82, 2.24) is 30.1 Å². The molecule has 7 aromatic heterocycles. The van der Waals surface area contributed by atoms with Gasteiger partial charge in [-0.05, 0) is 96.6 Å². The van der Waals surface area contributed by atoms with Gasteiger partial charge in [-0.3, -0.25) is 15.0 Å². The van der Waals surface area contributed by atoms with E-state index in [1.165, 1.54) is 79.2 Å². The SMILES string of the molecule is Cc1cc2cc3sc(-c4ccc(-c5cc(C(F)(F)F)n[n-]5)nc4)cc3cc2s1.N#C[S-].O=C(O)c1ccnc(-c2cc(C(=O)O)cc(-c3cc(C(=O)O)ccn3)n2)c1.[Ru+2]. The number of alkyl halides is 3. The van der Waals surface area contributed by atoms with Crippen LogP contribution in [0.5, 0.6) is 0 Å². The van der Waals surface area contributed by atoms with Crippen LogP contribution in [0.25, 0.3) is 64.8 Å². The van der Waals surface area contributed by atoms with E-state index in [1.807, 2.05) is 6.07 Å². The van der Waals surface area contributed by atoms with Gasteiger partial charge in [0.1, 0.15) is 5.69 Å². The van der Waals surface area contributed by atoms with Gasteiger partial charge < -0.3 is 38.1 Å². The molecule has 0 saturated heterocycles. The van der Waals surface area contributed by atoms with Gasteiger partial charge in [0.25, 0.3) is 0 Å². The van der Waals surface area contributed by atoms with Gasteiger partial charge in [-0.2, -0.15) is 13.2 Å². The quantitative estimate of drug-likeness (QED) is 0.0774. The summed E-state index contributed by atoms with van der Waals surface area (Å²) >= 11 is 7.15. The number of rotatable bonds is 7. The Kier molecular flexibility index (Phi) is 13.6. The normalized spacial score (nSPS) is 10.7. The summed E-state index contributed by atoms with van der Waals surface area (Å²) in [6, 6.07) is 20.8. The van der Waals surface area contributed by atoms with Gasteiger partial charge in [0, 0.05) is 49.0 Å². The van der Waals surface area contributed by atoms with Gasteiger partial charge in [0.2, 0.25) is 0 Å². The molecule has 1 aromatic carbocycles. The van der Waals surface area contributed by atoms with Crippen LogP contribution in [-0.4, -0.2) is 58.3 Å². The Labute approximate surface area is 357 Å². The van der Waals surface area contributed by atoms with Crippen LogP contribution in [0.15, 0.2) is 97.5 Å². The van der Waals surface area contributed by atoms with Crippen LogP contribution in [-0.2, 0) is 38.3 Å². The molecule has 296 valence electrons. The summed E-state index contributed by atoms with van der Waals surface area (Å²) in [6.07, 6.45) is -0.295. The summed E-state index contributed by atoms with van der Waals surface area (Å²) in [5.41, 5.74) is 0.765. The molecule has 8 aromatic rings. The summed E-state index contributed by atoms with van der Waals surface area (Å²) in [4.78, 5) is 52.7. The summed E-state index contributed by atoms with van der Waals surface area (Å²) in [6.45, 7) is 2.10. The van der Waals surface area contributed by atoms with Crippen molar-refractivity contribution in [3.05, 3.63) is 125 Å². The Morgan fingerprint density at radius 3 is 1.73 bits per heavy atom. The van der Waals surface area contributed by atoms with E-state index >= 15 is 0 Å². The zero-order valence-corrected chi connectivity index (χ0v) is 33.8. The van der Waals surface area contributed by atoms with Crippen molar-refractivity contribution in [3.63, 3.8) is 0 Å². The molecule has 13 nitrogen and oxygen atoms in total. The predicted octanol–water partition coefficient (Wildman–Crippen LogP) is 8.84. The summed E-state index contributed by atoms with van der Waals surface area (Å²) in [7, 11) is 0. The van der Waals surface area contributed by atoms with E-state index in [0.29, 0.717) is 5.69 Å². The second-order valence-electron chi connectivity index (χ2n) is 11.9. The van der Waals surface area contributed by atoms with Crippen molar-refractivity contribution in [2.45, 2.75) is 13.1 Å². The van der Waals surface area contributed by atoms with Crippen LogP contribution in [0.1, 0.15) is 41.6 Å². The number of thiophene rings is 2. The Hall–Kier alpha value is -6.52. The standard InChI is InChI=1S/C20H11F3N3S2.C18H11N3O6.CHNS.Ru/c1-10-4-12-5-18-13(7-17(12)27-10)6-16(28-18)11-2-3-14(24-9-11)15-8-19(26-25-15)20(21,22)23;22-16(23)9-1-3-19-12(5-9)14-7-11(18(26)27)8-15(21-14)13-6-10(17(24)25)2-4-20-13;2-1-3;/h2-9H,1H3;1-8H,(H,22,23)(H,24,25)(H,26,27);3H;/q-1;;;+2/p-1. The molecule has 20 heteroatoms. The number of aryl methyl sites for hydroxylation is 1. The number of nitrogens with zero attached hydrogens (tertiary/aromatic N) is 7. The van der Waals surface area contributed by atoms with Crippen molar-refractivity contribution in [2.75, 3.05) is 0 Å². The Balaban J connectivity index is 0.000000207. The number of hydrogen-bond donors (Lipinski definition) is 3. The average Bonchev–Trinajstić information content (AvgIpc) is 3.95. The molecule has 0 aliphatic heterocycles. The van der Waals surface area contributed by atoms with Crippen LogP contribution in [0, 0.1) is 17.6 Å². The molecule has 0 spiro atoms. The fourth-order valence-electron chi connectivity index (χ4n) is 5.42. The fraction of sp³-hybridized carbons (Fsp3) is 0.0513. The maximum absolute atomic E-state index is 12.7. The van der Waals surface area contributed by atoms with Crippen molar-refractivity contribution in [3.8, 4) is 50.0 Å². The molecule has 3 N–H and O–H groups in total. The third kappa shape index (κ3) is 10.3. The molecule has 8 rings (SSSR count). The largest absolute Gasteiger partial charge is 2.00 e. The Morgan fingerprint density at radius 2 is 1.24 bits per heavy atom. The van der Waals surface area contributed by atoms with E-state index in [1.54, 1.807) is 34.9 Å². The molecule has 0 saturated carbocycles. The average molecular weight is 939 g/mol. The van der Waals surface area contributed by atoms with Crippen LogP contribution in [0.3, 0.4) is 0 Å². The minimum atomic E-state index is -4.51. The number of fused-ring (bicyclic) bond motifs is 2. The molecule has 59 heavy (non-hydrogen) atoms. The van der Waals surface area contributed by atoms with Crippen LogP contribution in [0.2, 0.25) is 0 Å². The number of aromatic nitrogens is 6. The number of aromatic carboxylic acids is 3. The maximum atomic E-state index is 12.7. The fourth-order valence-corrected chi connectivity index (χ4v) is 7.46. The molecule has 7 heterocycles. The molecule has 0 aliphatic rings. The first-order valence-corrected chi connectivity index (χ1v) is 18.3. The summed E-state index contributed by atoms with van der Waals surface area (Å²) in [5, 5.41) is 45.2. The zero-order valence-electron chi connectivity index (χ0n) is 29.6. The van der Waals surface area contributed by atoms with Crippen LogP contribution < -0.4 is 5.10 Å². The number of hydrogen-bond acceptors (Lipinski definition) is 12. The first-order valence-electron chi connectivity index (χ1n) is 16.3. The topological polar surface area (TPSA) is 214 Å². The van der Waals surface area contributed by atoms with E-state index in [9.17, 15) is 32.7 Å².